The van der Waals surface area contributed by atoms with Crippen molar-refractivity contribution in [2.45, 2.75) is 11.8 Å². The molecule has 0 aliphatic carbocycles. The summed E-state index contributed by atoms with van der Waals surface area (Å²) in [7, 11) is -3.62. The van der Waals surface area contributed by atoms with Crippen LogP contribution in [0.2, 0.25) is 0 Å². The quantitative estimate of drug-likeness (QED) is 0.700. The number of anilines is 1. The van der Waals surface area contributed by atoms with Gasteiger partial charge in [0, 0.05) is 44.0 Å². The largest absolute Gasteiger partial charge is 0.457 e. The topological polar surface area (TPSA) is 79.8 Å². The molecule has 136 valence electrons. The summed E-state index contributed by atoms with van der Waals surface area (Å²) >= 11 is 0. The smallest absolute Gasteiger partial charge is 0.246 e. The van der Waals surface area contributed by atoms with Gasteiger partial charge in [0.2, 0.25) is 15.8 Å². The molecule has 3 heterocycles. The third kappa shape index (κ3) is 3.02. The third-order valence-electron chi connectivity index (χ3n) is 4.53. The maximum absolute atomic E-state index is 13.0. The number of aryl methyl sites for hydroxylation is 1. The second-order valence-electron chi connectivity index (χ2n) is 6.13. The number of piperazine rings is 1. The zero-order chi connectivity index (χ0) is 18.1. The molecule has 1 aliphatic rings. The molecule has 1 aromatic carbocycles. The second kappa shape index (κ2) is 6.62. The van der Waals surface area contributed by atoms with Crippen molar-refractivity contribution in [2.75, 3.05) is 31.1 Å². The Kier molecular flexibility index (Phi) is 4.29. The van der Waals surface area contributed by atoms with Gasteiger partial charge in [0.1, 0.15) is 10.7 Å². The van der Waals surface area contributed by atoms with E-state index in [1.807, 2.05) is 30.3 Å². The molecule has 0 unspecified atom stereocenters. The Hall–Kier alpha value is -2.58. The highest BCUT2D eigenvalue weighted by Gasteiger charge is 2.32. The molecule has 0 spiro atoms. The maximum Gasteiger partial charge on any atom is 0.246 e. The molecule has 0 radical (unpaired) electrons. The summed E-state index contributed by atoms with van der Waals surface area (Å²) < 4.78 is 38.2. The number of rotatable bonds is 4. The number of para-hydroxylation sites is 1. The summed E-state index contributed by atoms with van der Waals surface area (Å²) in [5, 5.41) is 3.63. The van der Waals surface area contributed by atoms with Gasteiger partial charge in [-0.2, -0.15) is 4.31 Å². The molecule has 1 aliphatic heterocycles. The molecular formula is C18H19N3O4S. The first-order valence-corrected chi connectivity index (χ1v) is 9.81. The first-order chi connectivity index (χ1) is 12.6. The van der Waals surface area contributed by atoms with E-state index in [0.29, 0.717) is 43.5 Å². The zero-order valence-electron chi connectivity index (χ0n) is 14.3. The lowest BCUT2D eigenvalue weighted by Crippen LogP contribution is -2.48. The fourth-order valence-electron chi connectivity index (χ4n) is 3.15. The van der Waals surface area contributed by atoms with Crippen LogP contribution >= 0.6 is 0 Å². The van der Waals surface area contributed by atoms with Gasteiger partial charge in [-0.05, 0) is 19.1 Å². The van der Waals surface area contributed by atoms with E-state index in [0.717, 1.165) is 5.69 Å². The van der Waals surface area contributed by atoms with E-state index in [4.69, 9.17) is 8.94 Å². The van der Waals surface area contributed by atoms with Crippen molar-refractivity contribution >= 4 is 15.7 Å². The van der Waals surface area contributed by atoms with E-state index in [1.54, 1.807) is 13.0 Å². The lowest BCUT2D eigenvalue weighted by Gasteiger charge is -2.35. The Labute approximate surface area is 151 Å². The van der Waals surface area contributed by atoms with Crippen molar-refractivity contribution in [3.63, 3.8) is 0 Å². The summed E-state index contributed by atoms with van der Waals surface area (Å²) in [6, 6.07) is 13.2. The molecule has 0 N–H and O–H groups in total. The highest BCUT2D eigenvalue weighted by molar-refractivity contribution is 7.89. The molecule has 3 aromatic rings. The Bertz CT molecular complexity index is 973. The summed E-state index contributed by atoms with van der Waals surface area (Å²) in [6.45, 7) is 3.80. The lowest BCUT2D eigenvalue weighted by molar-refractivity contribution is 0.383. The van der Waals surface area contributed by atoms with Crippen molar-refractivity contribution < 1.29 is 17.4 Å². The van der Waals surface area contributed by atoms with Crippen molar-refractivity contribution in [3.8, 4) is 11.5 Å². The molecule has 2 aromatic heterocycles. The third-order valence-corrected chi connectivity index (χ3v) is 6.54. The van der Waals surface area contributed by atoms with Crippen molar-refractivity contribution in [2.24, 2.45) is 0 Å². The predicted molar refractivity (Wildman–Crippen MR) is 96.4 cm³/mol. The minimum atomic E-state index is -3.62. The minimum absolute atomic E-state index is 0.178. The number of hydrogen-bond donors (Lipinski definition) is 0. The number of hydrogen-bond acceptors (Lipinski definition) is 6. The number of benzene rings is 1. The first-order valence-electron chi connectivity index (χ1n) is 8.37. The van der Waals surface area contributed by atoms with Gasteiger partial charge in [-0.15, -0.1) is 0 Å². The number of sulfonamides is 1. The van der Waals surface area contributed by atoms with Gasteiger partial charge in [-0.3, -0.25) is 0 Å². The van der Waals surface area contributed by atoms with Gasteiger partial charge in [-0.1, -0.05) is 23.4 Å². The van der Waals surface area contributed by atoms with Gasteiger partial charge in [0.15, 0.2) is 5.76 Å². The van der Waals surface area contributed by atoms with Crippen LogP contribution in [0.25, 0.3) is 11.5 Å². The average Bonchev–Trinajstić information content (AvgIpc) is 3.32. The molecule has 0 atom stereocenters. The van der Waals surface area contributed by atoms with Gasteiger partial charge in [0.05, 0.1) is 6.20 Å². The van der Waals surface area contributed by atoms with Gasteiger partial charge < -0.3 is 13.8 Å². The summed E-state index contributed by atoms with van der Waals surface area (Å²) in [5.41, 5.74) is 1.11. The van der Waals surface area contributed by atoms with Gasteiger partial charge in [0.25, 0.3) is 0 Å². The van der Waals surface area contributed by atoms with Crippen LogP contribution in [-0.4, -0.2) is 44.1 Å². The number of furan rings is 1. The van der Waals surface area contributed by atoms with Crippen LogP contribution in [-0.2, 0) is 10.0 Å². The summed E-state index contributed by atoms with van der Waals surface area (Å²) in [4.78, 5) is 2.37. The number of nitrogens with zero attached hydrogens (tertiary/aromatic N) is 3. The molecular weight excluding hydrogens is 354 g/mol. The van der Waals surface area contributed by atoms with E-state index in [-0.39, 0.29) is 4.90 Å². The fourth-order valence-corrected chi connectivity index (χ4v) is 4.73. The Morgan fingerprint density at radius 2 is 1.73 bits per heavy atom. The average molecular weight is 373 g/mol. The van der Waals surface area contributed by atoms with E-state index < -0.39 is 10.0 Å². The Balaban J connectivity index is 1.53. The number of aromatic nitrogens is 1. The molecule has 1 fully saturated rings. The van der Waals surface area contributed by atoms with Crippen LogP contribution in [0, 0.1) is 6.92 Å². The SMILES string of the molecule is Cc1oc(-c2ccno2)cc1S(=O)(=O)N1CCN(c2ccccc2)CC1. The van der Waals surface area contributed by atoms with Crippen molar-refractivity contribution in [1.82, 2.24) is 9.46 Å². The molecule has 1 saturated heterocycles. The highest BCUT2D eigenvalue weighted by atomic mass is 32.2. The summed E-state index contributed by atoms with van der Waals surface area (Å²) in [6.07, 6.45) is 1.49. The zero-order valence-corrected chi connectivity index (χ0v) is 15.1. The normalized spacial score (nSPS) is 16.1. The van der Waals surface area contributed by atoms with Crippen LogP contribution in [0.4, 0.5) is 5.69 Å². The molecule has 7 nitrogen and oxygen atoms in total. The molecule has 8 heteroatoms. The van der Waals surface area contributed by atoms with Gasteiger partial charge in [-0.25, -0.2) is 8.42 Å². The Morgan fingerprint density at radius 3 is 2.38 bits per heavy atom. The van der Waals surface area contributed by atoms with Crippen LogP contribution in [0.3, 0.4) is 0 Å². The first kappa shape index (κ1) is 16.9. The second-order valence-corrected chi connectivity index (χ2v) is 8.04. The van der Waals surface area contributed by atoms with Gasteiger partial charge >= 0.3 is 0 Å². The molecule has 26 heavy (non-hydrogen) atoms. The van der Waals surface area contributed by atoms with E-state index in [9.17, 15) is 8.42 Å². The summed E-state index contributed by atoms with van der Waals surface area (Å²) in [5.74, 6) is 1.12. The monoisotopic (exact) mass is 373 g/mol. The lowest BCUT2D eigenvalue weighted by atomic mass is 10.2. The van der Waals surface area contributed by atoms with Crippen LogP contribution in [0.15, 0.2) is 62.5 Å². The Morgan fingerprint density at radius 1 is 1.00 bits per heavy atom. The minimum Gasteiger partial charge on any atom is -0.457 e. The van der Waals surface area contributed by atoms with E-state index in [1.165, 1.54) is 16.6 Å². The standard InChI is InChI=1S/C18H19N3O4S/c1-14-18(13-17(24-14)16-7-8-19-25-16)26(22,23)21-11-9-20(10-12-21)15-5-3-2-4-6-15/h2-8,13H,9-12H2,1H3. The van der Waals surface area contributed by atoms with Crippen LogP contribution in [0.1, 0.15) is 5.76 Å². The van der Waals surface area contributed by atoms with Crippen LogP contribution in [0.5, 0.6) is 0 Å². The van der Waals surface area contributed by atoms with E-state index >= 15 is 0 Å². The fraction of sp³-hybridized carbons (Fsp3) is 0.278. The van der Waals surface area contributed by atoms with E-state index in [2.05, 4.69) is 10.1 Å². The molecule has 0 amide bonds. The predicted octanol–water partition coefficient (Wildman–Crippen LogP) is 2.75. The van der Waals surface area contributed by atoms with Crippen molar-refractivity contribution in [3.05, 3.63) is 54.4 Å². The molecule has 0 bridgehead atoms. The molecule has 0 saturated carbocycles. The van der Waals surface area contributed by atoms with Crippen molar-refractivity contribution in [1.29, 1.82) is 0 Å². The highest BCUT2D eigenvalue weighted by Crippen LogP contribution is 2.30. The molecule has 4 rings (SSSR count). The van der Waals surface area contributed by atoms with Crippen LogP contribution < -0.4 is 4.90 Å². The maximum atomic E-state index is 13.0.